The first-order valence-electron chi connectivity index (χ1n) is 18.7. The molecule has 0 saturated carbocycles. The maximum Gasteiger partial charge on any atom is 0.651 e. The lowest BCUT2D eigenvalue weighted by molar-refractivity contribution is -0.128. The van der Waals surface area contributed by atoms with Crippen molar-refractivity contribution in [2.75, 3.05) is 0 Å². The molecule has 20 nitrogen and oxygen atoms in total. The SMILES string of the molecule is [B][Si](C)(C)O[Si]12O[Si]3(O[Si]([B])(C)C)O[Si]4(O[Si]([B])(C)C)O[Si](O[Si]([B])(C)C)(O1)O[Si]1(O[Si]([B])(C)C)O[Si](O[Si]([B])(C)C)(O2)O[Si](O[Si]([B])(C)C)(O3)O[Si](O[Si](C)(C)C)(O4)O1. The Balaban J connectivity index is 2.08. The molecule has 0 amide bonds. The van der Waals surface area contributed by atoms with Gasteiger partial charge in [-0.2, -0.15) is 0 Å². The van der Waals surface area contributed by atoms with Gasteiger partial charge < -0.3 is 82.3 Å². The van der Waals surface area contributed by atoms with E-state index in [1.54, 1.807) is 91.7 Å². The summed E-state index contributed by atoms with van der Waals surface area (Å²) >= 11 is 0. The fourth-order valence-corrected chi connectivity index (χ4v) is 67.2. The Labute approximate surface area is 380 Å². The van der Waals surface area contributed by atoms with Gasteiger partial charge in [0.25, 0.3) is 0 Å². The van der Waals surface area contributed by atoms with Crippen LogP contribution in [0.5, 0.6) is 0 Å². The third-order valence-electron chi connectivity index (χ3n) is 6.15. The molecule has 6 aliphatic heterocycles. The average molecular weight is 1100 g/mol. The van der Waals surface area contributed by atoms with Crippen molar-refractivity contribution in [2.45, 2.75) is 111 Å². The summed E-state index contributed by atoms with van der Waals surface area (Å²) in [4.78, 5) is 0. The monoisotopic (exact) mass is 1100 g/mol. The molecule has 6 saturated heterocycles. The van der Waals surface area contributed by atoms with Crippen molar-refractivity contribution in [1.82, 2.24) is 0 Å². The second-order valence-electron chi connectivity index (χ2n) is 19.4. The molecular formula is C17H51B7O20Si16. The van der Waals surface area contributed by atoms with Crippen molar-refractivity contribution in [3.63, 3.8) is 0 Å². The third-order valence-corrected chi connectivity index (χ3v) is 55.3. The highest BCUT2D eigenvalue weighted by Gasteiger charge is 2.92. The average Bonchev–Trinajstić information content (AvgIpc) is 2.73. The quantitative estimate of drug-likeness (QED) is 0.185. The van der Waals surface area contributed by atoms with Gasteiger partial charge in [-0.15, -0.1) is 0 Å². The minimum Gasteiger partial charge on any atom is -0.403 e. The largest absolute Gasteiger partial charge is 0.651 e. The molecule has 8 bridgehead atoms. The highest BCUT2D eigenvalue weighted by Crippen LogP contribution is 2.52. The first-order valence-corrected chi connectivity index (χ1v) is 56.1. The molecule has 0 aliphatic carbocycles. The predicted molar refractivity (Wildman–Crippen MR) is 254 cm³/mol. The standard InChI is InChI=1S/C17H51B7O20Si16/c1-45(2,3)25-53-33-54(26-46(4,5)18)36-57(29-49(10,11)21)38-55(34-53,27-47(6,7)19)40-59(31-51(14,15)23)41-56(35-53,28-48(8,9)20)39-58(37-54,30-50(12,13)22)43-60(42-57,44-59)32-52(16,17)24/h1-17H3. The highest BCUT2D eigenvalue weighted by molar-refractivity contribution is 7.20. The van der Waals surface area contributed by atoms with E-state index >= 15 is 0 Å². The van der Waals surface area contributed by atoms with Gasteiger partial charge in [0.15, 0.2) is 8.32 Å². The van der Waals surface area contributed by atoms with E-state index in [1.165, 1.54) is 0 Å². The Hall–Kier alpha value is 3.12. The molecular weight excluding hydrogens is 1050 g/mol. The van der Waals surface area contributed by atoms with Crippen molar-refractivity contribution < 1.29 is 82.3 Å². The lowest BCUT2D eigenvalue weighted by Gasteiger charge is -2.61. The van der Waals surface area contributed by atoms with E-state index in [9.17, 15) is 0 Å². The fraction of sp³-hybridized carbons (Fsp3) is 1.00. The molecule has 6 heterocycles. The molecule has 60 heavy (non-hydrogen) atoms. The van der Waals surface area contributed by atoms with Gasteiger partial charge in [0.2, 0.25) is 0 Å². The first kappa shape index (κ1) is 54.1. The maximum atomic E-state index is 7.06. The molecule has 324 valence electrons. The van der Waals surface area contributed by atoms with Crippen LogP contribution in [0.25, 0.3) is 0 Å². The topological polar surface area (TPSA) is 185 Å². The predicted octanol–water partition coefficient (Wildman–Crippen LogP) is -0.202. The van der Waals surface area contributed by atoms with Gasteiger partial charge in [0, 0.05) is 0 Å². The van der Waals surface area contributed by atoms with Gasteiger partial charge in [0.1, 0.15) is 57.3 Å². The van der Waals surface area contributed by atoms with Crippen LogP contribution >= 0.6 is 0 Å². The summed E-state index contributed by atoms with van der Waals surface area (Å²) in [5.41, 5.74) is 0. The summed E-state index contributed by atoms with van der Waals surface area (Å²) in [6.45, 7) is 28.1. The lowest BCUT2D eigenvalue weighted by atomic mass is 10.7. The number of rotatable bonds is 16. The minimum atomic E-state index is -5.38. The Morgan fingerprint density at radius 3 is 0.400 bits per heavy atom. The third kappa shape index (κ3) is 14.6. The number of hydrogen-bond acceptors (Lipinski definition) is 20. The summed E-state index contributed by atoms with van der Waals surface area (Å²) in [5, 5.41) is 0. The van der Waals surface area contributed by atoms with Crippen LogP contribution in [0, 0.1) is 0 Å². The zero-order chi connectivity index (χ0) is 46.1. The summed E-state index contributed by atoms with van der Waals surface area (Å²) in [6.07, 6.45) is 0. The summed E-state index contributed by atoms with van der Waals surface area (Å²) in [5.74, 6) is 0. The molecule has 6 rings (SSSR count). The summed E-state index contributed by atoms with van der Waals surface area (Å²) in [7, 11) is -22.8. The van der Waals surface area contributed by atoms with Crippen LogP contribution in [0.1, 0.15) is 0 Å². The van der Waals surface area contributed by atoms with Gasteiger partial charge >= 0.3 is 72.4 Å². The molecule has 0 unspecified atom stereocenters. The van der Waals surface area contributed by atoms with Crippen molar-refractivity contribution in [2.24, 2.45) is 0 Å². The molecule has 6 fully saturated rings. The lowest BCUT2D eigenvalue weighted by Crippen LogP contribution is -2.93. The van der Waals surface area contributed by atoms with E-state index in [0.717, 1.165) is 0 Å². The Morgan fingerprint density at radius 1 is 0.217 bits per heavy atom. The van der Waals surface area contributed by atoms with Gasteiger partial charge in [0.05, 0.1) is 52.1 Å². The van der Waals surface area contributed by atoms with E-state index in [0.29, 0.717) is 0 Å². The Morgan fingerprint density at radius 2 is 0.317 bits per heavy atom. The second-order valence-corrected chi connectivity index (χ2v) is 70.4. The molecule has 0 aromatic rings. The van der Waals surface area contributed by atoms with Crippen LogP contribution in [0.15, 0.2) is 0 Å². The Kier molecular flexibility index (Phi) is 14.7. The van der Waals surface area contributed by atoms with Gasteiger partial charge in [-0.3, -0.25) is 0 Å². The molecule has 0 spiro atoms. The first-order chi connectivity index (χ1) is 26.1. The van der Waals surface area contributed by atoms with E-state index in [-0.39, 0.29) is 0 Å². The van der Waals surface area contributed by atoms with E-state index in [1.807, 2.05) is 19.6 Å². The number of hydrogen-bond donors (Lipinski definition) is 0. The van der Waals surface area contributed by atoms with Crippen molar-refractivity contribution >= 4 is 190 Å². The van der Waals surface area contributed by atoms with Crippen molar-refractivity contribution in [3.8, 4) is 0 Å². The molecule has 14 radical (unpaired) electrons. The van der Waals surface area contributed by atoms with Gasteiger partial charge in [-0.25, -0.2) is 0 Å². The van der Waals surface area contributed by atoms with E-state index < -0.39 is 138 Å². The maximum absolute atomic E-state index is 7.06. The van der Waals surface area contributed by atoms with Crippen LogP contribution in [-0.2, 0) is 82.3 Å². The molecule has 43 heteroatoms. The molecule has 0 atom stereocenters. The molecule has 0 N–H and O–H groups in total. The smallest absolute Gasteiger partial charge is 0.403 e. The van der Waals surface area contributed by atoms with Crippen molar-refractivity contribution in [1.29, 1.82) is 0 Å². The van der Waals surface area contributed by atoms with E-state index in [2.05, 4.69) is 0 Å². The van der Waals surface area contributed by atoms with Gasteiger partial charge in [-0.05, 0) is 19.6 Å². The highest BCUT2D eigenvalue weighted by atomic mass is 28.7. The summed E-state index contributed by atoms with van der Waals surface area (Å²) in [6, 6.07) is 0. The van der Waals surface area contributed by atoms with Crippen LogP contribution < -0.4 is 0 Å². The zero-order valence-corrected chi connectivity index (χ0v) is 53.2. The molecule has 0 aromatic heterocycles. The fourth-order valence-electron chi connectivity index (χ4n) is 5.47. The van der Waals surface area contributed by atoms with Crippen molar-refractivity contribution in [3.05, 3.63) is 0 Å². The Bertz CT molecular complexity index is 1200. The van der Waals surface area contributed by atoms with Crippen LogP contribution in [0.2, 0.25) is 111 Å². The second kappa shape index (κ2) is 16.4. The summed E-state index contributed by atoms with van der Waals surface area (Å²) < 4.78 is 138. The van der Waals surface area contributed by atoms with E-state index in [4.69, 9.17) is 134 Å². The van der Waals surface area contributed by atoms with Gasteiger partial charge in [-0.1, -0.05) is 91.7 Å². The minimum absolute atomic E-state index is 1.61. The molecule has 0 aromatic carbocycles. The molecule has 6 aliphatic rings. The normalized spacial score (nSPS) is 39.5. The van der Waals surface area contributed by atoms with Crippen LogP contribution in [0.3, 0.4) is 0 Å². The zero-order valence-electron chi connectivity index (χ0n) is 37.2. The van der Waals surface area contributed by atoms with Crippen LogP contribution in [0.4, 0.5) is 0 Å². The van der Waals surface area contributed by atoms with Crippen LogP contribution in [-0.4, -0.2) is 190 Å².